The number of ether oxygens (including phenoxy) is 1. The Hall–Kier alpha value is -1.44. The molecule has 0 aliphatic carbocycles. The van der Waals surface area contributed by atoms with Gasteiger partial charge in [-0.3, -0.25) is 4.79 Å². The van der Waals surface area contributed by atoms with E-state index in [1.54, 1.807) is 12.1 Å². The van der Waals surface area contributed by atoms with E-state index in [1.165, 1.54) is 17.1 Å². The number of benzene rings is 1. The highest BCUT2D eigenvalue weighted by Gasteiger charge is 2.26. The molecule has 2 aliphatic heterocycles. The zero-order valence-corrected chi connectivity index (χ0v) is 16.0. The van der Waals surface area contributed by atoms with E-state index < -0.39 is 10.0 Å². The van der Waals surface area contributed by atoms with Crippen LogP contribution in [0.4, 0.5) is 0 Å². The van der Waals surface area contributed by atoms with E-state index in [4.69, 9.17) is 4.74 Å². The number of rotatable bonds is 5. The van der Waals surface area contributed by atoms with Gasteiger partial charge in [-0.2, -0.15) is 4.31 Å². The minimum Gasteiger partial charge on any atom is -0.379 e. The molecule has 2 heterocycles. The minimum absolute atomic E-state index is 0.205. The number of aryl methyl sites for hydroxylation is 1. The maximum Gasteiger partial charge on any atom is 0.243 e. The molecule has 6 nitrogen and oxygen atoms in total. The highest BCUT2D eigenvalue weighted by molar-refractivity contribution is 7.89. The van der Waals surface area contributed by atoms with Gasteiger partial charge in [-0.05, 0) is 37.0 Å². The van der Waals surface area contributed by atoms with Crippen LogP contribution >= 0.6 is 0 Å². The van der Waals surface area contributed by atoms with Crippen molar-refractivity contribution in [1.29, 1.82) is 0 Å². The van der Waals surface area contributed by atoms with Gasteiger partial charge in [-0.1, -0.05) is 25.0 Å². The van der Waals surface area contributed by atoms with Gasteiger partial charge in [0, 0.05) is 32.6 Å². The lowest BCUT2D eigenvalue weighted by Gasteiger charge is -2.26. The van der Waals surface area contributed by atoms with Crippen LogP contribution in [0.3, 0.4) is 0 Å². The first-order valence-electron chi connectivity index (χ1n) is 9.52. The summed E-state index contributed by atoms with van der Waals surface area (Å²) < 4.78 is 31.9. The van der Waals surface area contributed by atoms with Crippen LogP contribution in [0.15, 0.2) is 29.2 Å². The van der Waals surface area contributed by atoms with Crippen LogP contribution < -0.4 is 0 Å². The molecule has 0 unspecified atom stereocenters. The summed E-state index contributed by atoms with van der Waals surface area (Å²) in [7, 11) is -3.45. The van der Waals surface area contributed by atoms with Gasteiger partial charge in [0.15, 0.2) is 0 Å². The third-order valence-corrected chi connectivity index (χ3v) is 7.03. The third-order valence-electron chi connectivity index (χ3n) is 5.12. The highest BCUT2D eigenvalue weighted by Crippen LogP contribution is 2.19. The second kappa shape index (κ2) is 8.97. The fraction of sp³-hybridized carbons (Fsp3) is 0.632. The van der Waals surface area contributed by atoms with E-state index in [9.17, 15) is 13.2 Å². The first-order valence-corrected chi connectivity index (χ1v) is 11.0. The molecule has 3 rings (SSSR count). The van der Waals surface area contributed by atoms with Crippen molar-refractivity contribution in [2.24, 2.45) is 0 Å². The summed E-state index contributed by atoms with van der Waals surface area (Å²) in [5, 5.41) is 0. The number of hydrogen-bond acceptors (Lipinski definition) is 4. The van der Waals surface area contributed by atoms with Crippen molar-refractivity contribution >= 4 is 15.9 Å². The number of likely N-dealkylation sites (tertiary alicyclic amines) is 1. The van der Waals surface area contributed by atoms with Crippen molar-refractivity contribution < 1.29 is 17.9 Å². The van der Waals surface area contributed by atoms with Crippen LogP contribution in [0.2, 0.25) is 0 Å². The zero-order chi connectivity index (χ0) is 18.4. The van der Waals surface area contributed by atoms with Gasteiger partial charge in [-0.15, -0.1) is 0 Å². The molecular formula is C19H28N2O4S. The quantitative estimate of drug-likeness (QED) is 0.784. The molecule has 0 saturated carbocycles. The molecule has 0 spiro atoms. The van der Waals surface area contributed by atoms with E-state index in [2.05, 4.69) is 0 Å². The number of nitrogens with zero attached hydrogens (tertiary/aromatic N) is 2. The normalized spacial score (nSPS) is 19.9. The van der Waals surface area contributed by atoms with Crippen molar-refractivity contribution in [2.75, 3.05) is 39.4 Å². The third kappa shape index (κ3) is 4.84. The summed E-state index contributed by atoms with van der Waals surface area (Å²) in [5.41, 5.74) is 0.995. The molecule has 2 aliphatic rings. The Labute approximate surface area is 156 Å². The predicted molar refractivity (Wildman–Crippen MR) is 99.4 cm³/mol. The largest absolute Gasteiger partial charge is 0.379 e. The molecular weight excluding hydrogens is 352 g/mol. The Morgan fingerprint density at radius 2 is 1.54 bits per heavy atom. The second-order valence-corrected chi connectivity index (χ2v) is 8.89. The molecule has 0 radical (unpaired) electrons. The highest BCUT2D eigenvalue weighted by atomic mass is 32.2. The average molecular weight is 381 g/mol. The van der Waals surface area contributed by atoms with Gasteiger partial charge >= 0.3 is 0 Å². The SMILES string of the molecule is O=C(CCc1ccc(S(=O)(=O)N2CCOCC2)cc1)N1CCCCCC1. The molecule has 26 heavy (non-hydrogen) atoms. The van der Waals surface area contributed by atoms with Gasteiger partial charge in [0.25, 0.3) is 0 Å². The zero-order valence-electron chi connectivity index (χ0n) is 15.2. The number of hydrogen-bond donors (Lipinski definition) is 0. The molecule has 144 valence electrons. The molecule has 1 amide bonds. The second-order valence-electron chi connectivity index (χ2n) is 6.96. The van der Waals surface area contributed by atoms with Crippen molar-refractivity contribution in [1.82, 2.24) is 9.21 Å². The van der Waals surface area contributed by atoms with Gasteiger partial charge in [0.05, 0.1) is 18.1 Å². The van der Waals surface area contributed by atoms with Crippen LogP contribution in [0.1, 0.15) is 37.7 Å². The number of carbonyl (C=O) groups excluding carboxylic acids is 1. The van der Waals surface area contributed by atoms with Crippen LogP contribution in [-0.2, 0) is 26.0 Å². The molecule has 2 saturated heterocycles. The van der Waals surface area contributed by atoms with E-state index in [0.29, 0.717) is 44.0 Å². The van der Waals surface area contributed by atoms with E-state index >= 15 is 0 Å². The van der Waals surface area contributed by atoms with Crippen LogP contribution in [0.25, 0.3) is 0 Å². The Kier molecular flexibility index (Phi) is 6.67. The number of carbonyl (C=O) groups is 1. The molecule has 0 bridgehead atoms. The Morgan fingerprint density at radius 3 is 2.15 bits per heavy atom. The summed E-state index contributed by atoms with van der Waals surface area (Å²) in [6, 6.07) is 6.94. The summed E-state index contributed by atoms with van der Waals surface area (Å²) in [4.78, 5) is 14.7. The predicted octanol–water partition coefficient (Wildman–Crippen LogP) is 2.04. The Balaban J connectivity index is 1.56. The molecule has 0 N–H and O–H groups in total. The topological polar surface area (TPSA) is 66.9 Å². The molecule has 7 heteroatoms. The molecule has 2 fully saturated rings. The molecule has 1 aromatic carbocycles. The van der Waals surface area contributed by atoms with Gasteiger partial charge in [0.1, 0.15) is 0 Å². The molecule has 0 atom stereocenters. The van der Waals surface area contributed by atoms with Crippen molar-refractivity contribution in [3.8, 4) is 0 Å². The summed E-state index contributed by atoms with van der Waals surface area (Å²) in [6.07, 6.45) is 5.74. The molecule has 1 aromatic rings. The summed E-state index contributed by atoms with van der Waals surface area (Å²) in [5.74, 6) is 0.205. The van der Waals surface area contributed by atoms with E-state index in [1.807, 2.05) is 17.0 Å². The first-order chi connectivity index (χ1) is 12.6. The fourth-order valence-electron chi connectivity index (χ4n) is 3.49. The van der Waals surface area contributed by atoms with Crippen molar-refractivity contribution in [3.63, 3.8) is 0 Å². The Bertz CT molecular complexity index is 689. The monoisotopic (exact) mass is 380 g/mol. The number of morpholine rings is 1. The fourth-order valence-corrected chi connectivity index (χ4v) is 4.90. The number of sulfonamides is 1. The van der Waals surface area contributed by atoms with Crippen molar-refractivity contribution in [2.45, 2.75) is 43.4 Å². The first kappa shape index (κ1) is 19.3. The standard InChI is InChI=1S/C19H28N2O4S/c22-19(20-11-3-1-2-4-12-20)10-7-17-5-8-18(9-6-17)26(23,24)21-13-15-25-16-14-21/h5-6,8-9H,1-4,7,10-16H2. The summed E-state index contributed by atoms with van der Waals surface area (Å²) in [6.45, 7) is 3.42. The average Bonchev–Trinajstić information content (AvgIpc) is 2.97. The van der Waals surface area contributed by atoms with Crippen LogP contribution in [0, 0.1) is 0 Å². The van der Waals surface area contributed by atoms with Gasteiger partial charge < -0.3 is 9.64 Å². The van der Waals surface area contributed by atoms with E-state index in [-0.39, 0.29) is 5.91 Å². The number of amides is 1. The minimum atomic E-state index is -3.45. The maximum absolute atomic E-state index is 12.6. The van der Waals surface area contributed by atoms with Crippen LogP contribution in [0.5, 0.6) is 0 Å². The lowest BCUT2D eigenvalue weighted by molar-refractivity contribution is -0.131. The van der Waals surface area contributed by atoms with Crippen molar-refractivity contribution in [3.05, 3.63) is 29.8 Å². The Morgan fingerprint density at radius 1 is 0.923 bits per heavy atom. The molecule has 0 aromatic heterocycles. The van der Waals surface area contributed by atoms with Crippen LogP contribution in [-0.4, -0.2) is 62.9 Å². The summed E-state index contributed by atoms with van der Waals surface area (Å²) >= 11 is 0. The lowest BCUT2D eigenvalue weighted by atomic mass is 10.1. The lowest BCUT2D eigenvalue weighted by Crippen LogP contribution is -2.40. The maximum atomic E-state index is 12.6. The van der Waals surface area contributed by atoms with Gasteiger partial charge in [0.2, 0.25) is 15.9 Å². The smallest absolute Gasteiger partial charge is 0.243 e. The van der Waals surface area contributed by atoms with Gasteiger partial charge in [-0.25, -0.2) is 8.42 Å². The van der Waals surface area contributed by atoms with E-state index in [0.717, 1.165) is 31.5 Å².